The second-order valence-corrected chi connectivity index (χ2v) is 6.36. The van der Waals surface area contributed by atoms with Gasteiger partial charge in [0.2, 0.25) is 5.91 Å². The molecule has 0 radical (unpaired) electrons. The Morgan fingerprint density at radius 2 is 2.00 bits per heavy atom. The van der Waals surface area contributed by atoms with Crippen LogP contribution < -0.4 is 16.2 Å². The molecule has 1 aliphatic heterocycles. The summed E-state index contributed by atoms with van der Waals surface area (Å²) in [4.78, 5) is 26.3. The summed E-state index contributed by atoms with van der Waals surface area (Å²) in [6.07, 6.45) is 0.178. The molecule has 2 heterocycles. The zero-order chi connectivity index (χ0) is 17.6. The molecule has 3 N–H and O–H groups in total. The van der Waals surface area contributed by atoms with Crippen molar-refractivity contribution < 1.29 is 9.18 Å². The van der Waals surface area contributed by atoms with E-state index in [9.17, 15) is 14.0 Å². The molecule has 2 aromatic carbocycles. The van der Waals surface area contributed by atoms with Gasteiger partial charge in [0.1, 0.15) is 5.82 Å². The van der Waals surface area contributed by atoms with Crippen molar-refractivity contribution in [2.75, 3.05) is 10.6 Å². The van der Waals surface area contributed by atoms with E-state index in [0.717, 1.165) is 5.39 Å². The van der Waals surface area contributed by atoms with Crippen LogP contribution in [0.4, 0.5) is 15.8 Å². The standard InChI is InChI=1S/C18H13ClFN3O2/c19-12-1-2-14-9(4-12)3-11(18(25)23-14)8-21-16-7-15-10(5-13(16)20)6-17(24)22-15/h1-5,7,21H,6,8H2,(H,22,24)(H,23,25). The second kappa shape index (κ2) is 5.89. The SMILES string of the molecule is O=C1Cc2cc(F)c(NCc3cc4cc(Cl)ccc4[nH]c3=O)cc2N1. The van der Waals surface area contributed by atoms with E-state index in [1.165, 1.54) is 6.07 Å². The van der Waals surface area contributed by atoms with Gasteiger partial charge in [-0.25, -0.2) is 4.39 Å². The summed E-state index contributed by atoms with van der Waals surface area (Å²) in [6, 6.07) is 9.79. The van der Waals surface area contributed by atoms with E-state index in [-0.39, 0.29) is 30.1 Å². The van der Waals surface area contributed by atoms with Crippen LogP contribution in [0.3, 0.4) is 0 Å². The normalized spacial score (nSPS) is 13.0. The van der Waals surface area contributed by atoms with E-state index in [0.29, 0.717) is 27.4 Å². The maximum atomic E-state index is 14.2. The first kappa shape index (κ1) is 15.7. The predicted octanol–water partition coefficient (Wildman–Crippen LogP) is 3.43. The molecule has 7 heteroatoms. The van der Waals surface area contributed by atoms with Gasteiger partial charge >= 0.3 is 0 Å². The van der Waals surface area contributed by atoms with Crippen LogP contribution in [0.1, 0.15) is 11.1 Å². The molecule has 0 unspecified atom stereocenters. The number of amides is 1. The molecular weight excluding hydrogens is 345 g/mol. The van der Waals surface area contributed by atoms with Gasteiger partial charge in [0.15, 0.2) is 0 Å². The molecule has 0 aliphatic carbocycles. The molecule has 25 heavy (non-hydrogen) atoms. The van der Waals surface area contributed by atoms with Gasteiger partial charge in [0, 0.05) is 33.7 Å². The lowest BCUT2D eigenvalue weighted by Gasteiger charge is -2.10. The van der Waals surface area contributed by atoms with Crippen LogP contribution in [0.5, 0.6) is 0 Å². The largest absolute Gasteiger partial charge is 0.378 e. The Hall–Kier alpha value is -2.86. The average molecular weight is 358 g/mol. The number of rotatable bonds is 3. The van der Waals surface area contributed by atoms with Crippen molar-refractivity contribution in [3.8, 4) is 0 Å². The van der Waals surface area contributed by atoms with Gasteiger partial charge in [-0.15, -0.1) is 0 Å². The minimum Gasteiger partial charge on any atom is -0.378 e. The number of pyridine rings is 1. The number of carbonyl (C=O) groups is 1. The first-order valence-corrected chi connectivity index (χ1v) is 8.05. The molecule has 4 rings (SSSR count). The monoisotopic (exact) mass is 357 g/mol. The summed E-state index contributed by atoms with van der Waals surface area (Å²) in [5, 5.41) is 6.96. The van der Waals surface area contributed by atoms with Gasteiger partial charge in [-0.3, -0.25) is 9.59 Å². The maximum Gasteiger partial charge on any atom is 0.253 e. The Balaban J connectivity index is 1.62. The minimum atomic E-state index is -0.462. The molecule has 3 aromatic rings. The Morgan fingerprint density at radius 3 is 2.84 bits per heavy atom. The third-order valence-electron chi connectivity index (χ3n) is 4.17. The number of halogens is 2. The number of fused-ring (bicyclic) bond motifs is 2. The third-order valence-corrected chi connectivity index (χ3v) is 4.41. The molecular formula is C18H13ClFN3O2. The van der Waals surface area contributed by atoms with Gasteiger partial charge < -0.3 is 15.6 Å². The van der Waals surface area contributed by atoms with Gasteiger partial charge in [-0.1, -0.05) is 11.6 Å². The molecule has 0 saturated carbocycles. The number of H-pyrrole nitrogens is 1. The number of nitrogens with one attached hydrogen (secondary N) is 3. The van der Waals surface area contributed by atoms with Crippen LogP contribution in [0, 0.1) is 5.82 Å². The van der Waals surface area contributed by atoms with Crippen molar-refractivity contribution in [2.45, 2.75) is 13.0 Å². The zero-order valence-corrected chi connectivity index (χ0v) is 13.7. The van der Waals surface area contributed by atoms with E-state index >= 15 is 0 Å². The van der Waals surface area contributed by atoms with Gasteiger partial charge in [-0.2, -0.15) is 0 Å². The summed E-state index contributed by atoms with van der Waals surface area (Å²) < 4.78 is 14.2. The summed E-state index contributed by atoms with van der Waals surface area (Å²) in [6.45, 7) is 0.140. The third kappa shape index (κ3) is 2.96. The number of aromatic nitrogens is 1. The molecule has 126 valence electrons. The van der Waals surface area contributed by atoms with E-state index in [1.54, 1.807) is 30.3 Å². The predicted molar refractivity (Wildman–Crippen MR) is 95.6 cm³/mol. The Labute approximate surface area is 146 Å². The van der Waals surface area contributed by atoms with Crippen LogP contribution in [0.15, 0.2) is 41.2 Å². The molecule has 0 saturated heterocycles. The van der Waals surface area contributed by atoms with Gasteiger partial charge in [0.05, 0.1) is 12.1 Å². The van der Waals surface area contributed by atoms with Gasteiger partial charge in [0.25, 0.3) is 5.56 Å². The quantitative estimate of drug-likeness (QED) is 0.672. The van der Waals surface area contributed by atoms with Crippen LogP contribution in [0.2, 0.25) is 5.02 Å². The Morgan fingerprint density at radius 1 is 1.16 bits per heavy atom. The highest BCUT2D eigenvalue weighted by atomic mass is 35.5. The van der Waals surface area contributed by atoms with E-state index in [1.807, 2.05) is 0 Å². The summed E-state index contributed by atoms with van der Waals surface area (Å²) >= 11 is 5.98. The lowest BCUT2D eigenvalue weighted by atomic mass is 10.1. The van der Waals surface area contributed by atoms with E-state index in [2.05, 4.69) is 15.6 Å². The lowest BCUT2D eigenvalue weighted by molar-refractivity contribution is -0.115. The van der Waals surface area contributed by atoms with Crippen molar-refractivity contribution in [2.24, 2.45) is 0 Å². The van der Waals surface area contributed by atoms with Crippen LogP contribution >= 0.6 is 11.6 Å². The van der Waals surface area contributed by atoms with Crippen LogP contribution in [-0.2, 0) is 17.8 Å². The highest BCUT2D eigenvalue weighted by molar-refractivity contribution is 6.31. The second-order valence-electron chi connectivity index (χ2n) is 5.92. The average Bonchev–Trinajstić information content (AvgIpc) is 2.92. The Kier molecular flexibility index (Phi) is 3.69. The van der Waals surface area contributed by atoms with Crippen molar-refractivity contribution in [1.82, 2.24) is 4.98 Å². The van der Waals surface area contributed by atoms with Crippen molar-refractivity contribution in [3.63, 3.8) is 0 Å². The summed E-state index contributed by atoms with van der Waals surface area (Å²) in [7, 11) is 0. The molecule has 5 nitrogen and oxygen atoms in total. The van der Waals surface area contributed by atoms with Crippen molar-refractivity contribution in [1.29, 1.82) is 0 Å². The molecule has 0 atom stereocenters. The minimum absolute atomic E-state index is 0.140. The van der Waals surface area contributed by atoms with Crippen molar-refractivity contribution >= 4 is 39.8 Å². The number of hydrogen-bond donors (Lipinski definition) is 3. The topological polar surface area (TPSA) is 74.0 Å². The lowest BCUT2D eigenvalue weighted by Crippen LogP contribution is -2.16. The number of benzene rings is 2. The fourth-order valence-electron chi connectivity index (χ4n) is 2.92. The molecule has 1 amide bonds. The zero-order valence-electron chi connectivity index (χ0n) is 13.0. The summed E-state index contributed by atoms with van der Waals surface area (Å²) in [5.74, 6) is -0.620. The van der Waals surface area contributed by atoms with Crippen molar-refractivity contribution in [3.05, 3.63) is 68.7 Å². The number of anilines is 2. The van der Waals surface area contributed by atoms with Gasteiger partial charge in [-0.05, 0) is 42.0 Å². The molecule has 0 fully saturated rings. The molecule has 1 aromatic heterocycles. The van der Waals surface area contributed by atoms with E-state index in [4.69, 9.17) is 11.6 Å². The number of carbonyl (C=O) groups excluding carboxylic acids is 1. The number of aromatic amines is 1. The fraction of sp³-hybridized carbons (Fsp3) is 0.111. The number of hydrogen-bond acceptors (Lipinski definition) is 3. The summed E-state index contributed by atoms with van der Waals surface area (Å²) in [5.41, 5.74) is 2.34. The first-order chi connectivity index (χ1) is 12.0. The fourth-order valence-corrected chi connectivity index (χ4v) is 3.10. The smallest absolute Gasteiger partial charge is 0.253 e. The highest BCUT2D eigenvalue weighted by Gasteiger charge is 2.20. The van der Waals surface area contributed by atoms with E-state index < -0.39 is 5.82 Å². The molecule has 1 aliphatic rings. The highest BCUT2D eigenvalue weighted by Crippen LogP contribution is 2.29. The maximum absolute atomic E-state index is 14.2. The Bertz CT molecular complexity index is 1080. The van der Waals surface area contributed by atoms with Crippen LogP contribution in [-0.4, -0.2) is 10.9 Å². The molecule has 0 bridgehead atoms. The first-order valence-electron chi connectivity index (χ1n) is 7.67. The molecule has 0 spiro atoms. The van der Waals surface area contributed by atoms with Crippen LogP contribution in [0.25, 0.3) is 10.9 Å².